The van der Waals surface area contributed by atoms with Crippen LogP contribution in [0.2, 0.25) is 0 Å². The summed E-state index contributed by atoms with van der Waals surface area (Å²) in [6.45, 7) is 3.60. The molecule has 4 rings (SSSR count). The molecule has 0 radical (unpaired) electrons. The molecule has 0 spiro atoms. The molecule has 7 nitrogen and oxygen atoms in total. The molecule has 2 saturated heterocycles. The van der Waals surface area contributed by atoms with Gasteiger partial charge >= 0.3 is 0 Å². The SMILES string of the molecule is COc1cccc(C(CO)CCC(=O)N2CC3C[C@@H](C)C(C2)N3c2ccc(C#N)cn2)c1. The molecule has 2 aromatic rings. The Balaban J connectivity index is 1.40. The van der Waals surface area contributed by atoms with E-state index in [2.05, 4.69) is 22.9 Å². The molecule has 168 valence electrons. The zero-order valence-electron chi connectivity index (χ0n) is 18.6. The Hall–Kier alpha value is -3.11. The van der Waals surface area contributed by atoms with E-state index < -0.39 is 0 Å². The van der Waals surface area contributed by atoms with Crippen molar-refractivity contribution in [3.63, 3.8) is 0 Å². The van der Waals surface area contributed by atoms with Gasteiger partial charge in [0.25, 0.3) is 0 Å². The van der Waals surface area contributed by atoms with Gasteiger partial charge in [-0.15, -0.1) is 0 Å². The predicted molar refractivity (Wildman–Crippen MR) is 121 cm³/mol. The van der Waals surface area contributed by atoms with Gasteiger partial charge in [-0.2, -0.15) is 5.26 Å². The van der Waals surface area contributed by atoms with Crippen LogP contribution in [0.4, 0.5) is 5.82 Å². The fourth-order valence-electron chi connectivity index (χ4n) is 5.11. The zero-order chi connectivity index (χ0) is 22.7. The number of fused-ring (bicyclic) bond motifs is 2. The number of benzene rings is 1. The van der Waals surface area contributed by atoms with E-state index in [0.29, 0.717) is 37.4 Å². The quantitative estimate of drug-likeness (QED) is 0.721. The molecule has 32 heavy (non-hydrogen) atoms. The smallest absolute Gasteiger partial charge is 0.222 e. The molecule has 2 aliphatic heterocycles. The fraction of sp³-hybridized carbons (Fsp3) is 0.480. The second kappa shape index (κ2) is 9.58. The van der Waals surface area contributed by atoms with Crippen LogP contribution in [0.1, 0.15) is 43.2 Å². The van der Waals surface area contributed by atoms with Gasteiger partial charge < -0.3 is 19.6 Å². The van der Waals surface area contributed by atoms with Gasteiger partial charge in [0.2, 0.25) is 5.91 Å². The van der Waals surface area contributed by atoms with Crippen molar-refractivity contribution in [3.8, 4) is 11.8 Å². The first-order valence-corrected chi connectivity index (χ1v) is 11.2. The second-order valence-corrected chi connectivity index (χ2v) is 8.85. The minimum atomic E-state index is -0.0890. The van der Waals surface area contributed by atoms with Crippen LogP contribution in [0, 0.1) is 17.2 Å². The van der Waals surface area contributed by atoms with Crippen LogP contribution < -0.4 is 9.64 Å². The number of carbonyl (C=O) groups excluding carboxylic acids is 1. The van der Waals surface area contributed by atoms with E-state index in [9.17, 15) is 9.90 Å². The van der Waals surface area contributed by atoms with E-state index in [-0.39, 0.29) is 30.5 Å². The van der Waals surface area contributed by atoms with Crippen LogP contribution in [0.3, 0.4) is 0 Å². The van der Waals surface area contributed by atoms with Crippen molar-refractivity contribution in [1.82, 2.24) is 9.88 Å². The van der Waals surface area contributed by atoms with Gasteiger partial charge in [-0.25, -0.2) is 4.98 Å². The van der Waals surface area contributed by atoms with Gasteiger partial charge in [0.15, 0.2) is 0 Å². The van der Waals surface area contributed by atoms with Crippen molar-refractivity contribution in [1.29, 1.82) is 5.26 Å². The Bertz CT molecular complexity index is 987. The van der Waals surface area contributed by atoms with Gasteiger partial charge in [0.05, 0.1) is 18.7 Å². The molecular weight excluding hydrogens is 404 g/mol. The third kappa shape index (κ3) is 4.42. The summed E-state index contributed by atoms with van der Waals surface area (Å²) in [4.78, 5) is 21.9. The summed E-state index contributed by atoms with van der Waals surface area (Å²) in [5.41, 5.74) is 1.54. The number of hydrogen-bond donors (Lipinski definition) is 1. The number of nitriles is 1. The van der Waals surface area contributed by atoms with Gasteiger partial charge in [0, 0.05) is 44.3 Å². The van der Waals surface area contributed by atoms with Crippen LogP contribution >= 0.6 is 0 Å². The number of rotatable bonds is 7. The lowest BCUT2D eigenvalue weighted by Gasteiger charge is -2.42. The topological polar surface area (TPSA) is 89.7 Å². The zero-order valence-corrected chi connectivity index (χ0v) is 18.6. The number of aliphatic hydroxyl groups excluding tert-OH is 1. The number of nitrogens with zero attached hydrogens (tertiary/aromatic N) is 4. The number of methoxy groups -OCH3 is 1. The molecule has 2 bridgehead atoms. The summed E-state index contributed by atoms with van der Waals surface area (Å²) in [5, 5.41) is 18.9. The number of carbonyl (C=O) groups is 1. The molecular formula is C25H30N4O3. The number of likely N-dealkylation sites (tertiary alicyclic amines) is 1. The van der Waals surface area contributed by atoms with Crippen LogP contribution in [-0.2, 0) is 4.79 Å². The van der Waals surface area contributed by atoms with Crippen molar-refractivity contribution >= 4 is 11.7 Å². The van der Waals surface area contributed by atoms with Crippen LogP contribution in [0.25, 0.3) is 0 Å². The molecule has 4 atom stereocenters. The normalized spacial score (nSPS) is 23.0. The van der Waals surface area contributed by atoms with E-state index in [1.165, 1.54) is 0 Å². The monoisotopic (exact) mass is 434 g/mol. The minimum Gasteiger partial charge on any atom is -0.497 e. The van der Waals surface area contributed by atoms with E-state index >= 15 is 0 Å². The summed E-state index contributed by atoms with van der Waals surface area (Å²) in [7, 11) is 1.62. The van der Waals surface area contributed by atoms with Crippen molar-refractivity contribution in [2.24, 2.45) is 5.92 Å². The molecule has 7 heteroatoms. The maximum absolute atomic E-state index is 13.1. The summed E-state index contributed by atoms with van der Waals surface area (Å²) in [5.74, 6) is 2.16. The second-order valence-electron chi connectivity index (χ2n) is 8.85. The molecule has 1 N–H and O–H groups in total. The first kappa shape index (κ1) is 22.1. The maximum Gasteiger partial charge on any atom is 0.222 e. The van der Waals surface area contributed by atoms with Gasteiger partial charge in [-0.1, -0.05) is 19.1 Å². The van der Waals surface area contributed by atoms with E-state index in [0.717, 1.165) is 23.6 Å². The summed E-state index contributed by atoms with van der Waals surface area (Å²) >= 11 is 0. The number of anilines is 1. The average Bonchev–Trinajstić information content (AvgIpc) is 3.03. The highest BCUT2D eigenvalue weighted by atomic mass is 16.5. The molecule has 1 aromatic heterocycles. The first-order chi connectivity index (χ1) is 15.5. The van der Waals surface area contributed by atoms with Crippen molar-refractivity contribution in [2.75, 3.05) is 31.7 Å². The Morgan fingerprint density at radius 3 is 2.84 bits per heavy atom. The van der Waals surface area contributed by atoms with Gasteiger partial charge in [-0.3, -0.25) is 4.79 Å². The molecule has 1 aromatic carbocycles. The predicted octanol–water partition coefficient (Wildman–Crippen LogP) is 2.94. The molecule has 2 fully saturated rings. The highest BCUT2D eigenvalue weighted by Crippen LogP contribution is 2.38. The molecule has 1 amide bonds. The van der Waals surface area contributed by atoms with Crippen molar-refractivity contribution in [3.05, 3.63) is 53.7 Å². The third-order valence-electron chi connectivity index (χ3n) is 6.88. The maximum atomic E-state index is 13.1. The molecule has 2 aliphatic rings. The Labute approximate surface area is 189 Å². The first-order valence-electron chi connectivity index (χ1n) is 11.2. The lowest BCUT2D eigenvalue weighted by Crippen LogP contribution is -2.56. The average molecular weight is 435 g/mol. The van der Waals surface area contributed by atoms with Crippen LogP contribution in [0.15, 0.2) is 42.6 Å². The number of amides is 1. The third-order valence-corrected chi connectivity index (χ3v) is 6.88. The van der Waals surface area contributed by atoms with Crippen LogP contribution in [-0.4, -0.2) is 59.8 Å². The Kier molecular flexibility index (Phi) is 6.61. The molecule has 3 unspecified atom stereocenters. The number of aromatic nitrogens is 1. The number of hydrogen-bond acceptors (Lipinski definition) is 6. The van der Waals surface area contributed by atoms with Crippen LogP contribution in [0.5, 0.6) is 5.75 Å². The van der Waals surface area contributed by atoms with Gasteiger partial charge in [0.1, 0.15) is 17.6 Å². The van der Waals surface area contributed by atoms with E-state index in [4.69, 9.17) is 10.00 Å². The van der Waals surface area contributed by atoms with E-state index in [1.807, 2.05) is 35.2 Å². The summed E-state index contributed by atoms with van der Waals surface area (Å²) in [6.07, 6.45) is 3.65. The highest BCUT2D eigenvalue weighted by Gasteiger charge is 2.45. The highest BCUT2D eigenvalue weighted by molar-refractivity contribution is 5.77. The lowest BCUT2D eigenvalue weighted by atomic mass is 9.94. The molecule has 0 saturated carbocycles. The number of aliphatic hydroxyl groups is 1. The molecule has 3 heterocycles. The minimum absolute atomic E-state index is 0.000864. The summed E-state index contributed by atoms with van der Waals surface area (Å²) in [6, 6.07) is 14.0. The Morgan fingerprint density at radius 1 is 1.34 bits per heavy atom. The van der Waals surface area contributed by atoms with Crippen molar-refractivity contribution < 1.29 is 14.6 Å². The largest absolute Gasteiger partial charge is 0.497 e. The Morgan fingerprint density at radius 2 is 2.19 bits per heavy atom. The summed E-state index contributed by atoms with van der Waals surface area (Å²) < 4.78 is 5.29. The number of ether oxygens (including phenoxy) is 1. The lowest BCUT2D eigenvalue weighted by molar-refractivity contribution is -0.132. The van der Waals surface area contributed by atoms with E-state index in [1.54, 1.807) is 19.4 Å². The number of piperazine rings is 1. The van der Waals surface area contributed by atoms with Crippen molar-refractivity contribution in [2.45, 2.75) is 44.2 Å². The van der Waals surface area contributed by atoms with Gasteiger partial charge in [-0.05, 0) is 48.6 Å². The standard InChI is InChI=1S/C25H30N4O3/c1-17-10-21-14-28(15-23(17)29(21)24-8-6-18(12-26)13-27-24)25(31)9-7-20(16-30)19-4-3-5-22(11-19)32-2/h3-6,8,11,13,17,20-21,23,30H,7,9-10,14-16H2,1-2H3/t17-,20?,21?,23?/m1/s1. The molecule has 0 aliphatic carbocycles. The fourth-order valence-corrected chi connectivity index (χ4v) is 5.11. The number of pyridine rings is 1.